The number of nitrogens with zero attached hydrogens (tertiary/aromatic N) is 3. The largest absolute Gasteiger partial charge is 0.302 e. The van der Waals surface area contributed by atoms with Crippen LogP contribution in [0.1, 0.15) is 24.3 Å². The van der Waals surface area contributed by atoms with Gasteiger partial charge in [-0.3, -0.25) is 9.48 Å². The SMILES string of the molecule is C[C@@H]1Sc2ccccc2N(C(=O)c2ccnn2CC(F)F)[C@@H]1C. The lowest BCUT2D eigenvalue weighted by atomic mass is 10.1. The van der Waals surface area contributed by atoms with Gasteiger partial charge in [-0.05, 0) is 25.1 Å². The van der Waals surface area contributed by atoms with Gasteiger partial charge in [-0.15, -0.1) is 11.8 Å². The second-order valence-corrected chi connectivity index (χ2v) is 6.92. The summed E-state index contributed by atoms with van der Waals surface area (Å²) >= 11 is 1.72. The second-order valence-electron chi connectivity index (χ2n) is 5.50. The van der Waals surface area contributed by atoms with Gasteiger partial charge in [-0.1, -0.05) is 19.1 Å². The van der Waals surface area contributed by atoms with Gasteiger partial charge in [0.25, 0.3) is 12.3 Å². The van der Waals surface area contributed by atoms with Gasteiger partial charge in [0.2, 0.25) is 0 Å². The quantitative estimate of drug-likeness (QED) is 0.857. The highest BCUT2D eigenvalue weighted by Gasteiger charge is 2.35. The number of hydrogen-bond donors (Lipinski definition) is 0. The van der Waals surface area contributed by atoms with Crippen molar-refractivity contribution in [3.8, 4) is 0 Å². The number of halogens is 2. The summed E-state index contributed by atoms with van der Waals surface area (Å²) in [6.07, 6.45) is -1.17. The smallest absolute Gasteiger partial charge is 0.276 e. The molecule has 23 heavy (non-hydrogen) atoms. The lowest BCUT2D eigenvalue weighted by molar-refractivity contribution is 0.0946. The Labute approximate surface area is 137 Å². The third-order valence-corrected chi connectivity index (χ3v) is 5.35. The standard InChI is InChI=1S/C16H17F2N3OS/c1-10-11(2)23-14-6-4-3-5-12(14)21(10)16(22)13-7-8-19-20(13)9-15(17)18/h3-8,10-11,15H,9H2,1-2H3/t10-,11+/m1/s1. The van der Waals surface area contributed by atoms with E-state index in [-0.39, 0.29) is 22.9 Å². The lowest BCUT2D eigenvalue weighted by Gasteiger charge is -2.38. The number of carbonyl (C=O) groups excluding carboxylic acids is 1. The number of para-hydroxylation sites is 1. The predicted molar refractivity (Wildman–Crippen MR) is 86.3 cm³/mol. The Morgan fingerprint density at radius 3 is 2.78 bits per heavy atom. The molecule has 2 aromatic rings. The van der Waals surface area contributed by atoms with Crippen LogP contribution in [0.5, 0.6) is 0 Å². The Kier molecular flexibility index (Phi) is 4.39. The molecule has 1 aliphatic heterocycles. The van der Waals surface area contributed by atoms with E-state index in [1.807, 2.05) is 31.2 Å². The number of anilines is 1. The lowest BCUT2D eigenvalue weighted by Crippen LogP contribution is -2.46. The van der Waals surface area contributed by atoms with Crippen LogP contribution in [0.3, 0.4) is 0 Å². The van der Waals surface area contributed by atoms with Crippen LogP contribution in [-0.4, -0.2) is 33.4 Å². The van der Waals surface area contributed by atoms with Gasteiger partial charge in [0.15, 0.2) is 0 Å². The van der Waals surface area contributed by atoms with Gasteiger partial charge in [0, 0.05) is 22.4 Å². The van der Waals surface area contributed by atoms with Gasteiger partial charge in [0.05, 0.1) is 5.69 Å². The van der Waals surface area contributed by atoms with Gasteiger partial charge < -0.3 is 4.90 Å². The van der Waals surface area contributed by atoms with E-state index in [2.05, 4.69) is 12.0 Å². The first kappa shape index (κ1) is 16.0. The topological polar surface area (TPSA) is 38.1 Å². The van der Waals surface area contributed by atoms with Gasteiger partial charge in [-0.25, -0.2) is 8.78 Å². The molecule has 0 spiro atoms. The summed E-state index contributed by atoms with van der Waals surface area (Å²) in [4.78, 5) is 15.7. The molecule has 2 atom stereocenters. The van der Waals surface area contributed by atoms with Crippen molar-refractivity contribution in [3.63, 3.8) is 0 Å². The molecule has 1 aromatic heterocycles. The Morgan fingerprint density at radius 1 is 1.30 bits per heavy atom. The van der Waals surface area contributed by atoms with Crippen molar-refractivity contribution in [1.82, 2.24) is 9.78 Å². The number of alkyl halides is 2. The van der Waals surface area contributed by atoms with E-state index in [1.165, 1.54) is 12.3 Å². The molecule has 7 heteroatoms. The zero-order valence-corrected chi connectivity index (χ0v) is 13.6. The molecule has 4 nitrogen and oxygen atoms in total. The summed E-state index contributed by atoms with van der Waals surface area (Å²) < 4.78 is 26.4. The second kappa shape index (κ2) is 6.31. The van der Waals surface area contributed by atoms with Crippen molar-refractivity contribution >= 4 is 23.4 Å². The van der Waals surface area contributed by atoms with Crippen molar-refractivity contribution in [2.24, 2.45) is 0 Å². The summed E-state index contributed by atoms with van der Waals surface area (Å²) in [5, 5.41) is 4.06. The maximum absolute atomic E-state index is 13.0. The summed E-state index contributed by atoms with van der Waals surface area (Å²) in [6, 6.07) is 9.11. The van der Waals surface area contributed by atoms with E-state index < -0.39 is 13.0 Å². The number of rotatable bonds is 3. The molecule has 2 heterocycles. The molecule has 0 bridgehead atoms. The molecule has 0 saturated carbocycles. The zero-order valence-electron chi connectivity index (χ0n) is 12.8. The average Bonchev–Trinajstić information content (AvgIpc) is 2.95. The van der Waals surface area contributed by atoms with Crippen LogP contribution in [0.25, 0.3) is 0 Å². The van der Waals surface area contributed by atoms with Crippen molar-refractivity contribution < 1.29 is 13.6 Å². The molecule has 0 fully saturated rings. The highest BCUT2D eigenvalue weighted by atomic mass is 32.2. The minimum atomic E-state index is -2.55. The Balaban J connectivity index is 2.00. The number of carbonyl (C=O) groups is 1. The maximum Gasteiger partial charge on any atom is 0.276 e. The molecule has 0 saturated heterocycles. The maximum atomic E-state index is 13.0. The molecule has 0 N–H and O–H groups in total. The summed E-state index contributed by atoms with van der Waals surface area (Å²) in [5.41, 5.74) is 1.00. The predicted octanol–water partition coefficient (Wildman–Crippen LogP) is 3.68. The third-order valence-electron chi connectivity index (χ3n) is 3.99. The number of fused-ring (bicyclic) bond motifs is 1. The van der Waals surface area contributed by atoms with E-state index >= 15 is 0 Å². The van der Waals surface area contributed by atoms with E-state index in [1.54, 1.807) is 16.7 Å². The van der Waals surface area contributed by atoms with E-state index in [0.29, 0.717) is 0 Å². The molecular weight excluding hydrogens is 320 g/mol. The minimum absolute atomic E-state index is 0.0442. The van der Waals surface area contributed by atoms with Gasteiger partial charge in [-0.2, -0.15) is 5.10 Å². The van der Waals surface area contributed by atoms with Crippen LogP contribution in [0.4, 0.5) is 14.5 Å². The Bertz CT molecular complexity index is 719. The zero-order chi connectivity index (χ0) is 16.6. The fraction of sp³-hybridized carbons (Fsp3) is 0.375. The number of thioether (sulfide) groups is 1. The van der Waals surface area contributed by atoms with Crippen molar-refractivity contribution in [1.29, 1.82) is 0 Å². The minimum Gasteiger partial charge on any atom is -0.302 e. The third kappa shape index (κ3) is 2.97. The number of amides is 1. The molecule has 0 aliphatic carbocycles. The first-order valence-corrected chi connectivity index (χ1v) is 8.26. The van der Waals surface area contributed by atoms with Gasteiger partial charge >= 0.3 is 0 Å². The fourth-order valence-electron chi connectivity index (χ4n) is 2.69. The van der Waals surface area contributed by atoms with Crippen LogP contribution in [0.2, 0.25) is 0 Å². The summed E-state index contributed by atoms with van der Waals surface area (Å²) in [7, 11) is 0. The highest BCUT2D eigenvalue weighted by Crippen LogP contribution is 2.41. The molecule has 1 aliphatic rings. The van der Waals surface area contributed by atoms with Crippen LogP contribution < -0.4 is 4.90 Å². The number of aromatic nitrogens is 2. The first-order chi connectivity index (χ1) is 11.0. The summed E-state index contributed by atoms with van der Waals surface area (Å²) in [6.45, 7) is 3.45. The summed E-state index contributed by atoms with van der Waals surface area (Å²) in [5.74, 6) is -0.296. The first-order valence-electron chi connectivity index (χ1n) is 7.38. The Hall–Kier alpha value is -1.89. The van der Waals surface area contributed by atoms with Crippen molar-refractivity contribution in [3.05, 3.63) is 42.2 Å². The molecule has 3 rings (SSSR count). The molecule has 122 valence electrons. The van der Waals surface area contributed by atoms with Crippen LogP contribution in [0, 0.1) is 0 Å². The van der Waals surface area contributed by atoms with Crippen molar-refractivity contribution in [2.45, 2.75) is 43.0 Å². The number of hydrogen-bond acceptors (Lipinski definition) is 3. The van der Waals surface area contributed by atoms with Crippen LogP contribution in [0.15, 0.2) is 41.4 Å². The molecule has 1 amide bonds. The molecule has 0 radical (unpaired) electrons. The molecule has 1 aromatic carbocycles. The average molecular weight is 337 g/mol. The van der Waals surface area contributed by atoms with E-state index in [4.69, 9.17) is 0 Å². The Morgan fingerprint density at radius 2 is 2.04 bits per heavy atom. The van der Waals surface area contributed by atoms with E-state index in [0.717, 1.165) is 15.3 Å². The monoisotopic (exact) mass is 337 g/mol. The molecular formula is C16H17F2N3OS. The van der Waals surface area contributed by atoms with Gasteiger partial charge in [0.1, 0.15) is 12.2 Å². The van der Waals surface area contributed by atoms with E-state index in [9.17, 15) is 13.6 Å². The van der Waals surface area contributed by atoms with Crippen LogP contribution >= 0.6 is 11.8 Å². The normalized spacial score (nSPS) is 20.7. The van der Waals surface area contributed by atoms with Crippen LogP contribution in [-0.2, 0) is 6.54 Å². The van der Waals surface area contributed by atoms with Crippen molar-refractivity contribution in [2.75, 3.05) is 4.90 Å². The number of benzene rings is 1. The fourth-order valence-corrected chi connectivity index (χ4v) is 3.86. The molecule has 0 unspecified atom stereocenters. The highest BCUT2D eigenvalue weighted by molar-refractivity contribution is 8.00.